The molecule has 0 aliphatic carbocycles. The van der Waals surface area contributed by atoms with Crippen LogP contribution >= 0.6 is 0 Å². The number of hydrogen-bond donors (Lipinski definition) is 1. The number of aromatic hydroxyl groups is 1. The van der Waals surface area contributed by atoms with Crippen LogP contribution in [0.15, 0.2) is 18.2 Å². The minimum absolute atomic E-state index is 0.121. The number of fused-ring (bicyclic) bond motifs is 1. The number of imide groups is 1. The van der Waals surface area contributed by atoms with Gasteiger partial charge in [0.05, 0.1) is 11.1 Å². The molecule has 15 heavy (non-hydrogen) atoms. The molecule has 1 N–H and O–H groups in total. The third-order valence-electron chi connectivity index (χ3n) is 2.42. The maximum Gasteiger partial charge on any atom is 0.265 e. The lowest BCUT2D eigenvalue weighted by atomic mass is 10.1. The highest BCUT2D eigenvalue weighted by Gasteiger charge is 2.36. The van der Waals surface area contributed by atoms with E-state index in [0.29, 0.717) is 18.5 Å². The zero-order valence-corrected chi connectivity index (χ0v) is 8.36. The van der Waals surface area contributed by atoms with Crippen LogP contribution in [0.2, 0.25) is 0 Å². The number of rotatable bonds is 2. The Morgan fingerprint density at radius 2 is 2.00 bits per heavy atom. The van der Waals surface area contributed by atoms with Crippen molar-refractivity contribution in [2.24, 2.45) is 0 Å². The molecule has 1 aromatic carbocycles. The largest absolute Gasteiger partial charge is 0.507 e. The van der Waals surface area contributed by atoms with Crippen molar-refractivity contribution in [3.05, 3.63) is 29.3 Å². The summed E-state index contributed by atoms with van der Waals surface area (Å²) in [6, 6.07) is 4.54. The van der Waals surface area contributed by atoms with Crippen molar-refractivity contribution in [3.8, 4) is 5.75 Å². The number of phenols is 1. The molecule has 0 bridgehead atoms. The summed E-state index contributed by atoms with van der Waals surface area (Å²) in [4.78, 5) is 24.7. The average molecular weight is 205 g/mol. The van der Waals surface area contributed by atoms with Gasteiger partial charge in [0.15, 0.2) is 0 Å². The summed E-state index contributed by atoms with van der Waals surface area (Å²) in [6.45, 7) is 2.29. The molecule has 0 unspecified atom stereocenters. The fraction of sp³-hybridized carbons (Fsp3) is 0.273. The molecule has 1 heterocycles. The van der Waals surface area contributed by atoms with Crippen LogP contribution in [0.25, 0.3) is 0 Å². The number of hydrogen-bond acceptors (Lipinski definition) is 3. The van der Waals surface area contributed by atoms with Gasteiger partial charge in [0.25, 0.3) is 11.8 Å². The minimum Gasteiger partial charge on any atom is -0.507 e. The van der Waals surface area contributed by atoms with Gasteiger partial charge in [0, 0.05) is 6.54 Å². The molecule has 2 rings (SSSR count). The van der Waals surface area contributed by atoms with Crippen LogP contribution in [0.5, 0.6) is 5.75 Å². The number of nitrogens with zero attached hydrogens (tertiary/aromatic N) is 1. The zero-order chi connectivity index (χ0) is 11.0. The van der Waals surface area contributed by atoms with Crippen LogP contribution < -0.4 is 0 Å². The third-order valence-corrected chi connectivity index (χ3v) is 2.42. The summed E-state index contributed by atoms with van der Waals surface area (Å²) < 4.78 is 0. The van der Waals surface area contributed by atoms with Gasteiger partial charge in [-0.25, -0.2) is 0 Å². The average Bonchev–Trinajstić information content (AvgIpc) is 2.45. The molecule has 2 amide bonds. The van der Waals surface area contributed by atoms with Gasteiger partial charge in [-0.1, -0.05) is 13.0 Å². The molecule has 0 fully saturated rings. The molecule has 1 aliphatic rings. The predicted molar refractivity (Wildman–Crippen MR) is 53.8 cm³/mol. The lowest BCUT2D eigenvalue weighted by Gasteiger charge is -2.11. The third kappa shape index (κ3) is 1.29. The molecule has 78 valence electrons. The number of carbonyl (C=O) groups excluding carboxylic acids is 2. The highest BCUT2D eigenvalue weighted by Crippen LogP contribution is 2.29. The van der Waals surface area contributed by atoms with Crippen LogP contribution in [-0.2, 0) is 0 Å². The van der Waals surface area contributed by atoms with Crippen LogP contribution in [0.4, 0.5) is 0 Å². The van der Waals surface area contributed by atoms with Gasteiger partial charge in [-0.2, -0.15) is 0 Å². The maximum atomic E-state index is 11.8. The second kappa shape index (κ2) is 3.38. The van der Waals surface area contributed by atoms with Crippen molar-refractivity contribution in [1.29, 1.82) is 0 Å². The normalized spacial score (nSPS) is 14.6. The standard InChI is InChI=1S/C11H11NO3/c1-2-6-12-10(14)7-4-3-5-8(13)9(7)11(12)15/h3-5,13H,2,6H2,1H3. The molecule has 0 saturated heterocycles. The van der Waals surface area contributed by atoms with Crippen molar-refractivity contribution in [2.45, 2.75) is 13.3 Å². The Bertz CT molecular complexity index is 439. The summed E-state index contributed by atoms with van der Waals surface area (Å²) in [5.41, 5.74) is 0.435. The van der Waals surface area contributed by atoms with Gasteiger partial charge >= 0.3 is 0 Å². The SMILES string of the molecule is CCCN1C(=O)c2cccc(O)c2C1=O. The van der Waals surface area contributed by atoms with Crippen LogP contribution in [0.1, 0.15) is 34.1 Å². The first-order chi connectivity index (χ1) is 7.16. The topological polar surface area (TPSA) is 57.6 Å². The number of phenolic OH excluding ortho intramolecular Hbond substituents is 1. The molecule has 4 heteroatoms. The molecule has 0 radical (unpaired) electrons. The van der Waals surface area contributed by atoms with E-state index < -0.39 is 5.91 Å². The number of benzene rings is 1. The summed E-state index contributed by atoms with van der Waals surface area (Å²) in [5.74, 6) is -0.827. The molecule has 1 aliphatic heterocycles. The highest BCUT2D eigenvalue weighted by atomic mass is 16.3. The first kappa shape index (κ1) is 9.71. The van der Waals surface area contributed by atoms with Crippen molar-refractivity contribution >= 4 is 11.8 Å². The highest BCUT2D eigenvalue weighted by molar-refractivity contribution is 6.22. The van der Waals surface area contributed by atoms with E-state index in [2.05, 4.69) is 0 Å². The van der Waals surface area contributed by atoms with E-state index in [-0.39, 0.29) is 17.2 Å². The summed E-state index contributed by atoms with van der Waals surface area (Å²) in [5, 5.41) is 9.51. The Morgan fingerprint density at radius 3 is 2.60 bits per heavy atom. The minimum atomic E-state index is -0.394. The Morgan fingerprint density at radius 1 is 1.27 bits per heavy atom. The molecule has 0 atom stereocenters. The van der Waals surface area contributed by atoms with Gasteiger partial charge in [-0.05, 0) is 18.6 Å². The predicted octanol–water partition coefficient (Wildman–Crippen LogP) is 1.40. The van der Waals surface area contributed by atoms with Gasteiger partial charge in [0.2, 0.25) is 0 Å². The molecule has 0 aromatic heterocycles. The second-order valence-electron chi connectivity index (χ2n) is 3.46. The van der Waals surface area contributed by atoms with E-state index in [1.54, 1.807) is 12.1 Å². The smallest absolute Gasteiger partial charge is 0.265 e. The van der Waals surface area contributed by atoms with Gasteiger partial charge < -0.3 is 5.11 Å². The molecular weight excluding hydrogens is 194 g/mol. The Labute approximate surface area is 87.1 Å². The van der Waals surface area contributed by atoms with E-state index >= 15 is 0 Å². The fourth-order valence-corrected chi connectivity index (χ4v) is 1.74. The Kier molecular flexibility index (Phi) is 2.19. The van der Waals surface area contributed by atoms with E-state index in [0.717, 1.165) is 0 Å². The van der Waals surface area contributed by atoms with E-state index in [9.17, 15) is 14.7 Å². The summed E-state index contributed by atoms with van der Waals surface area (Å²) in [7, 11) is 0. The Hall–Kier alpha value is -1.84. The van der Waals surface area contributed by atoms with Crippen LogP contribution in [0, 0.1) is 0 Å². The molecule has 1 aromatic rings. The van der Waals surface area contributed by atoms with Crippen molar-refractivity contribution in [3.63, 3.8) is 0 Å². The molecular formula is C11H11NO3. The van der Waals surface area contributed by atoms with Crippen LogP contribution in [0.3, 0.4) is 0 Å². The van der Waals surface area contributed by atoms with E-state index in [1.807, 2.05) is 6.92 Å². The van der Waals surface area contributed by atoms with E-state index in [1.165, 1.54) is 11.0 Å². The monoisotopic (exact) mass is 205 g/mol. The first-order valence-corrected chi connectivity index (χ1v) is 4.85. The van der Waals surface area contributed by atoms with Crippen molar-refractivity contribution < 1.29 is 14.7 Å². The maximum absolute atomic E-state index is 11.8. The zero-order valence-electron chi connectivity index (χ0n) is 8.36. The quantitative estimate of drug-likeness (QED) is 0.742. The van der Waals surface area contributed by atoms with Gasteiger partial charge in [0.1, 0.15) is 5.75 Å². The Balaban J connectivity index is 2.51. The fourth-order valence-electron chi connectivity index (χ4n) is 1.74. The first-order valence-electron chi connectivity index (χ1n) is 4.85. The van der Waals surface area contributed by atoms with Gasteiger partial charge in [-0.3, -0.25) is 14.5 Å². The lowest BCUT2D eigenvalue weighted by molar-refractivity contribution is 0.0653. The number of amides is 2. The van der Waals surface area contributed by atoms with Crippen molar-refractivity contribution in [1.82, 2.24) is 4.90 Å². The molecule has 4 nitrogen and oxygen atoms in total. The van der Waals surface area contributed by atoms with Crippen molar-refractivity contribution in [2.75, 3.05) is 6.54 Å². The molecule has 0 spiro atoms. The summed E-state index contributed by atoms with van der Waals surface area (Å²) in [6.07, 6.45) is 0.715. The van der Waals surface area contributed by atoms with E-state index in [4.69, 9.17) is 0 Å². The second-order valence-corrected chi connectivity index (χ2v) is 3.46. The summed E-state index contributed by atoms with van der Waals surface area (Å²) >= 11 is 0. The van der Waals surface area contributed by atoms with Crippen LogP contribution in [-0.4, -0.2) is 28.4 Å². The lowest BCUT2D eigenvalue weighted by Crippen LogP contribution is -2.30. The van der Waals surface area contributed by atoms with Gasteiger partial charge in [-0.15, -0.1) is 0 Å². The number of carbonyl (C=O) groups is 2. The molecule has 0 saturated carbocycles.